The average molecular weight is 411 g/mol. The van der Waals surface area contributed by atoms with Crippen LogP contribution < -0.4 is 14.8 Å². The Morgan fingerprint density at radius 1 is 1.29 bits per heavy atom. The van der Waals surface area contributed by atoms with Crippen molar-refractivity contribution in [2.75, 3.05) is 20.8 Å². The molecule has 0 aliphatic carbocycles. The summed E-state index contributed by atoms with van der Waals surface area (Å²) in [6, 6.07) is 3.36. The Morgan fingerprint density at radius 2 is 1.92 bits per heavy atom. The third-order valence-corrected chi connectivity index (χ3v) is 4.31. The number of carbonyl (C=O) groups is 2. The van der Waals surface area contributed by atoms with Crippen LogP contribution in [0.2, 0.25) is 0 Å². The molecule has 1 aliphatic rings. The standard InChI is InChI=1S/C16H15BrN2O4S/c1-4-5-19-15(21)10(14(20)18-16(19)24)6-9-7-12(22-2)13(23-3)8-11(9)17/h4,6-8H,1,5H2,2-3H3,(H,18,20,24). The number of carbonyl (C=O) groups excluding carboxylic acids is 2. The Morgan fingerprint density at radius 3 is 2.50 bits per heavy atom. The maximum absolute atomic E-state index is 12.5. The molecule has 1 aromatic rings. The molecule has 6 nitrogen and oxygen atoms in total. The van der Waals surface area contributed by atoms with E-state index in [1.54, 1.807) is 12.1 Å². The van der Waals surface area contributed by atoms with Gasteiger partial charge in [-0.2, -0.15) is 0 Å². The number of hydrogen-bond acceptors (Lipinski definition) is 5. The Balaban J connectivity index is 2.49. The van der Waals surface area contributed by atoms with E-state index in [1.165, 1.54) is 31.3 Å². The lowest BCUT2D eigenvalue weighted by Gasteiger charge is -2.27. The Hall–Kier alpha value is -2.19. The van der Waals surface area contributed by atoms with Gasteiger partial charge in [0.15, 0.2) is 16.6 Å². The number of benzene rings is 1. The molecule has 126 valence electrons. The van der Waals surface area contributed by atoms with Crippen molar-refractivity contribution in [3.63, 3.8) is 0 Å². The molecule has 0 saturated carbocycles. The number of rotatable bonds is 5. The van der Waals surface area contributed by atoms with Gasteiger partial charge >= 0.3 is 0 Å². The van der Waals surface area contributed by atoms with E-state index in [1.807, 2.05) is 0 Å². The third kappa shape index (κ3) is 3.49. The first-order valence-corrected chi connectivity index (χ1v) is 8.04. The van der Waals surface area contributed by atoms with Gasteiger partial charge in [0.25, 0.3) is 11.8 Å². The van der Waals surface area contributed by atoms with Crippen LogP contribution in [-0.4, -0.2) is 42.6 Å². The van der Waals surface area contributed by atoms with Crippen LogP contribution in [-0.2, 0) is 9.59 Å². The Kier molecular flexibility index (Phi) is 5.74. The summed E-state index contributed by atoms with van der Waals surface area (Å²) in [5, 5.41) is 2.56. The number of nitrogens with one attached hydrogen (secondary N) is 1. The second-order valence-electron chi connectivity index (χ2n) is 4.75. The highest BCUT2D eigenvalue weighted by atomic mass is 79.9. The summed E-state index contributed by atoms with van der Waals surface area (Å²) in [5.74, 6) is -0.0209. The first-order chi connectivity index (χ1) is 11.4. The van der Waals surface area contributed by atoms with E-state index in [0.717, 1.165) is 0 Å². The van der Waals surface area contributed by atoms with Gasteiger partial charge in [-0.25, -0.2) is 0 Å². The number of amides is 2. The summed E-state index contributed by atoms with van der Waals surface area (Å²) in [4.78, 5) is 25.9. The fourth-order valence-corrected chi connectivity index (χ4v) is 2.81. The van der Waals surface area contributed by atoms with Crippen LogP contribution >= 0.6 is 28.1 Å². The van der Waals surface area contributed by atoms with E-state index in [0.29, 0.717) is 21.5 Å². The molecule has 1 heterocycles. The molecule has 2 rings (SSSR count). The van der Waals surface area contributed by atoms with Crippen molar-refractivity contribution in [1.29, 1.82) is 0 Å². The minimum absolute atomic E-state index is 0.0293. The third-order valence-electron chi connectivity index (χ3n) is 3.30. The Bertz CT molecular complexity index is 761. The smallest absolute Gasteiger partial charge is 0.265 e. The maximum Gasteiger partial charge on any atom is 0.265 e. The van der Waals surface area contributed by atoms with E-state index in [9.17, 15) is 9.59 Å². The highest BCUT2D eigenvalue weighted by molar-refractivity contribution is 9.10. The predicted octanol–water partition coefficient (Wildman–Crippen LogP) is 2.28. The van der Waals surface area contributed by atoms with Crippen LogP contribution in [0.5, 0.6) is 11.5 Å². The fraction of sp³-hybridized carbons (Fsp3) is 0.188. The lowest BCUT2D eigenvalue weighted by Crippen LogP contribution is -2.53. The average Bonchev–Trinajstić information content (AvgIpc) is 2.56. The predicted molar refractivity (Wildman–Crippen MR) is 97.9 cm³/mol. The molecule has 1 saturated heterocycles. The molecule has 0 atom stereocenters. The van der Waals surface area contributed by atoms with E-state index in [-0.39, 0.29) is 17.2 Å². The first kappa shape index (κ1) is 18.2. The SMILES string of the molecule is C=CCN1C(=O)C(=Cc2cc(OC)c(OC)cc2Br)C(=O)NC1=S. The lowest BCUT2D eigenvalue weighted by atomic mass is 10.1. The molecule has 0 spiro atoms. The summed E-state index contributed by atoms with van der Waals surface area (Å²) in [6.07, 6.45) is 3.01. The zero-order valence-corrected chi connectivity index (χ0v) is 15.5. The summed E-state index contributed by atoms with van der Waals surface area (Å²) in [7, 11) is 3.03. The zero-order chi connectivity index (χ0) is 17.9. The van der Waals surface area contributed by atoms with Gasteiger partial charge in [0.1, 0.15) is 5.57 Å². The van der Waals surface area contributed by atoms with E-state index in [4.69, 9.17) is 21.7 Å². The van der Waals surface area contributed by atoms with Crippen molar-refractivity contribution in [3.05, 3.63) is 40.4 Å². The van der Waals surface area contributed by atoms with Gasteiger partial charge in [0.2, 0.25) is 0 Å². The monoisotopic (exact) mass is 410 g/mol. The number of ether oxygens (including phenoxy) is 2. The molecule has 2 amide bonds. The second kappa shape index (κ2) is 7.59. The molecule has 0 radical (unpaired) electrons. The Labute approximate surface area is 153 Å². The van der Waals surface area contributed by atoms with Gasteiger partial charge in [-0.15, -0.1) is 6.58 Å². The van der Waals surface area contributed by atoms with Gasteiger partial charge in [0.05, 0.1) is 14.2 Å². The molecule has 0 unspecified atom stereocenters. The van der Waals surface area contributed by atoms with Crippen molar-refractivity contribution >= 4 is 51.2 Å². The highest BCUT2D eigenvalue weighted by Crippen LogP contribution is 2.34. The van der Waals surface area contributed by atoms with Crippen molar-refractivity contribution in [1.82, 2.24) is 10.2 Å². The number of hydrogen-bond donors (Lipinski definition) is 1. The largest absolute Gasteiger partial charge is 0.493 e. The van der Waals surface area contributed by atoms with E-state index in [2.05, 4.69) is 27.8 Å². The van der Waals surface area contributed by atoms with E-state index < -0.39 is 11.8 Å². The highest BCUT2D eigenvalue weighted by Gasteiger charge is 2.32. The summed E-state index contributed by atoms with van der Waals surface area (Å²) < 4.78 is 11.1. The number of methoxy groups -OCH3 is 2. The molecule has 1 aromatic carbocycles. The van der Waals surface area contributed by atoms with Crippen LogP contribution in [0.3, 0.4) is 0 Å². The number of thiocarbonyl (C=S) groups is 1. The molecular weight excluding hydrogens is 396 g/mol. The molecule has 1 N–H and O–H groups in total. The minimum atomic E-state index is -0.549. The van der Waals surface area contributed by atoms with Gasteiger partial charge < -0.3 is 9.47 Å². The first-order valence-electron chi connectivity index (χ1n) is 6.84. The van der Waals surface area contributed by atoms with Gasteiger partial charge in [0, 0.05) is 11.0 Å². The van der Waals surface area contributed by atoms with Crippen LogP contribution in [0.4, 0.5) is 0 Å². The van der Waals surface area contributed by atoms with Crippen molar-refractivity contribution in [2.45, 2.75) is 0 Å². The second-order valence-corrected chi connectivity index (χ2v) is 5.99. The number of halogens is 1. The van der Waals surface area contributed by atoms with E-state index >= 15 is 0 Å². The fourth-order valence-electron chi connectivity index (χ4n) is 2.12. The summed E-state index contributed by atoms with van der Waals surface area (Å²) in [5.41, 5.74) is 0.566. The molecule has 0 aromatic heterocycles. The van der Waals surface area contributed by atoms with Gasteiger partial charge in [-0.1, -0.05) is 22.0 Å². The van der Waals surface area contributed by atoms with Gasteiger partial charge in [-0.05, 0) is 36.0 Å². The van der Waals surface area contributed by atoms with Crippen molar-refractivity contribution in [3.8, 4) is 11.5 Å². The van der Waals surface area contributed by atoms with Crippen LogP contribution in [0.1, 0.15) is 5.56 Å². The summed E-state index contributed by atoms with van der Waals surface area (Å²) >= 11 is 8.41. The van der Waals surface area contributed by atoms with Crippen LogP contribution in [0.15, 0.2) is 34.8 Å². The molecule has 8 heteroatoms. The van der Waals surface area contributed by atoms with Crippen molar-refractivity contribution < 1.29 is 19.1 Å². The molecule has 0 bridgehead atoms. The molecule has 1 fully saturated rings. The molecule has 24 heavy (non-hydrogen) atoms. The van der Waals surface area contributed by atoms with Crippen molar-refractivity contribution in [2.24, 2.45) is 0 Å². The van der Waals surface area contributed by atoms with Gasteiger partial charge in [-0.3, -0.25) is 19.8 Å². The maximum atomic E-state index is 12.5. The summed E-state index contributed by atoms with van der Waals surface area (Å²) in [6.45, 7) is 3.79. The lowest BCUT2D eigenvalue weighted by molar-refractivity contribution is -0.128. The molecule has 1 aliphatic heterocycles. The normalized spacial score (nSPS) is 16.2. The van der Waals surface area contributed by atoms with Crippen LogP contribution in [0.25, 0.3) is 6.08 Å². The minimum Gasteiger partial charge on any atom is -0.493 e. The zero-order valence-electron chi connectivity index (χ0n) is 13.1. The molecular formula is C16H15BrN2O4S. The number of nitrogens with zero attached hydrogens (tertiary/aromatic N) is 1. The quantitative estimate of drug-likeness (QED) is 0.349. The topological polar surface area (TPSA) is 67.9 Å². The van der Waals surface area contributed by atoms with Crippen LogP contribution in [0, 0.1) is 0 Å².